The number of hydrogen-bond acceptors (Lipinski definition) is 2. The van der Waals surface area contributed by atoms with E-state index in [4.69, 9.17) is 4.42 Å². The maximum atomic E-state index is 13.7. The Kier molecular flexibility index (Phi) is 3.05. The van der Waals surface area contributed by atoms with Gasteiger partial charge >= 0.3 is 0 Å². The van der Waals surface area contributed by atoms with Crippen molar-refractivity contribution in [1.29, 1.82) is 0 Å². The number of fused-ring (bicyclic) bond motifs is 1. The molecule has 1 fully saturated rings. The van der Waals surface area contributed by atoms with E-state index in [9.17, 15) is 13.9 Å². The number of hydrogen-bond donors (Lipinski definition) is 1. The Bertz CT molecular complexity index is 612. The summed E-state index contributed by atoms with van der Waals surface area (Å²) in [7, 11) is 0. The molecular formula is C15H16F2O2. The fourth-order valence-corrected chi connectivity index (χ4v) is 3.03. The van der Waals surface area contributed by atoms with Gasteiger partial charge in [0.1, 0.15) is 17.7 Å². The highest BCUT2D eigenvalue weighted by atomic mass is 19.1. The normalized spacial score (nSPS) is 18.3. The van der Waals surface area contributed by atoms with E-state index in [2.05, 4.69) is 0 Å². The van der Waals surface area contributed by atoms with Crippen molar-refractivity contribution in [3.05, 3.63) is 35.1 Å². The van der Waals surface area contributed by atoms with E-state index in [1.165, 1.54) is 6.07 Å². The first kappa shape index (κ1) is 12.6. The van der Waals surface area contributed by atoms with Gasteiger partial charge in [-0.2, -0.15) is 0 Å². The van der Waals surface area contributed by atoms with Crippen LogP contribution in [0.1, 0.15) is 43.1 Å². The Morgan fingerprint density at radius 1 is 1.26 bits per heavy atom. The van der Waals surface area contributed by atoms with Gasteiger partial charge in [0, 0.05) is 17.0 Å². The summed E-state index contributed by atoms with van der Waals surface area (Å²) in [4.78, 5) is 0. The van der Waals surface area contributed by atoms with Crippen molar-refractivity contribution in [1.82, 2.24) is 0 Å². The minimum Gasteiger partial charge on any atom is -0.455 e. The summed E-state index contributed by atoms with van der Waals surface area (Å²) in [5.41, 5.74) is 0.666. The van der Waals surface area contributed by atoms with Gasteiger partial charge in [0.15, 0.2) is 11.4 Å². The molecule has 1 atom stereocenters. The molecule has 0 spiro atoms. The highest BCUT2D eigenvalue weighted by Gasteiger charge is 2.29. The first-order chi connectivity index (χ1) is 9.08. The van der Waals surface area contributed by atoms with Crippen molar-refractivity contribution in [3.8, 4) is 0 Å². The van der Waals surface area contributed by atoms with E-state index in [1.807, 2.05) is 0 Å². The lowest BCUT2D eigenvalue weighted by Crippen LogP contribution is -2.08. The summed E-state index contributed by atoms with van der Waals surface area (Å²) >= 11 is 0. The third-order valence-electron chi connectivity index (χ3n) is 4.11. The molecule has 1 aliphatic carbocycles. The molecule has 0 saturated heterocycles. The van der Waals surface area contributed by atoms with E-state index >= 15 is 0 Å². The summed E-state index contributed by atoms with van der Waals surface area (Å²) in [5, 5.41) is 10.8. The van der Waals surface area contributed by atoms with Crippen molar-refractivity contribution >= 4 is 11.0 Å². The van der Waals surface area contributed by atoms with Crippen LogP contribution < -0.4 is 0 Å². The minimum absolute atomic E-state index is 0.0333. The van der Waals surface area contributed by atoms with Crippen LogP contribution in [0.4, 0.5) is 8.78 Å². The Labute approximate surface area is 110 Å². The summed E-state index contributed by atoms with van der Waals surface area (Å²) in [6.07, 6.45) is 3.38. The standard InChI is InChI=1S/C15H16F2O2/c1-8-11-6-10(16)7-12(17)15(11)19-14(8)13(18)9-4-2-3-5-9/h6-7,9,13,18H,2-5H2,1H3. The molecule has 1 aromatic carbocycles. The molecule has 2 aromatic rings. The monoisotopic (exact) mass is 266 g/mol. The fourth-order valence-electron chi connectivity index (χ4n) is 3.03. The molecule has 19 heavy (non-hydrogen) atoms. The number of aliphatic hydroxyl groups is 1. The minimum atomic E-state index is -0.725. The van der Waals surface area contributed by atoms with Gasteiger partial charge in [0.25, 0.3) is 0 Å². The predicted molar refractivity (Wildman–Crippen MR) is 67.8 cm³/mol. The summed E-state index contributed by atoms with van der Waals surface area (Å²) in [6, 6.07) is 2.05. The first-order valence-electron chi connectivity index (χ1n) is 6.64. The Hall–Kier alpha value is -1.42. The topological polar surface area (TPSA) is 33.4 Å². The van der Waals surface area contributed by atoms with Crippen LogP contribution >= 0.6 is 0 Å². The maximum absolute atomic E-state index is 13.7. The van der Waals surface area contributed by atoms with E-state index in [0.717, 1.165) is 31.7 Å². The molecule has 4 heteroatoms. The molecular weight excluding hydrogens is 250 g/mol. The molecule has 3 rings (SSSR count). The van der Waals surface area contributed by atoms with Crippen LogP contribution in [0, 0.1) is 24.5 Å². The summed E-state index contributed by atoms with van der Waals surface area (Å²) in [6.45, 7) is 1.73. The second-order valence-electron chi connectivity index (χ2n) is 5.34. The highest BCUT2D eigenvalue weighted by Crippen LogP contribution is 2.40. The largest absolute Gasteiger partial charge is 0.455 e. The van der Waals surface area contributed by atoms with Crippen molar-refractivity contribution < 1.29 is 18.3 Å². The van der Waals surface area contributed by atoms with Gasteiger partial charge < -0.3 is 9.52 Å². The molecule has 1 saturated carbocycles. The molecule has 1 aliphatic rings. The molecule has 102 valence electrons. The van der Waals surface area contributed by atoms with Gasteiger partial charge in [-0.1, -0.05) is 12.8 Å². The zero-order chi connectivity index (χ0) is 13.6. The van der Waals surface area contributed by atoms with Gasteiger partial charge in [0.2, 0.25) is 0 Å². The number of benzene rings is 1. The molecule has 2 nitrogen and oxygen atoms in total. The van der Waals surface area contributed by atoms with E-state index in [0.29, 0.717) is 16.7 Å². The van der Waals surface area contributed by atoms with Crippen molar-refractivity contribution in [2.45, 2.75) is 38.7 Å². The summed E-state index contributed by atoms with van der Waals surface area (Å²) in [5.74, 6) is -0.808. The maximum Gasteiger partial charge on any atom is 0.170 e. The first-order valence-corrected chi connectivity index (χ1v) is 6.64. The summed E-state index contributed by atoms with van der Waals surface area (Å²) < 4.78 is 32.4. The second kappa shape index (κ2) is 4.60. The molecule has 0 aliphatic heterocycles. The van der Waals surface area contributed by atoms with E-state index in [-0.39, 0.29) is 11.5 Å². The van der Waals surface area contributed by atoms with Crippen LogP contribution in [0.15, 0.2) is 16.5 Å². The average Bonchev–Trinajstić information content (AvgIpc) is 2.98. The van der Waals surface area contributed by atoms with Crippen LogP contribution in [0.25, 0.3) is 11.0 Å². The Morgan fingerprint density at radius 3 is 2.63 bits per heavy atom. The highest BCUT2D eigenvalue weighted by molar-refractivity contribution is 5.82. The van der Waals surface area contributed by atoms with Crippen LogP contribution in [0.3, 0.4) is 0 Å². The second-order valence-corrected chi connectivity index (χ2v) is 5.34. The number of aliphatic hydroxyl groups excluding tert-OH is 1. The zero-order valence-corrected chi connectivity index (χ0v) is 10.7. The molecule has 1 aromatic heterocycles. The molecule has 0 radical (unpaired) electrons. The predicted octanol–water partition coefficient (Wildman–Crippen LogP) is 4.24. The number of aryl methyl sites for hydroxylation is 1. The van der Waals surface area contributed by atoms with Crippen LogP contribution in [-0.4, -0.2) is 5.11 Å². The third-order valence-corrected chi connectivity index (χ3v) is 4.11. The van der Waals surface area contributed by atoms with Crippen molar-refractivity contribution in [3.63, 3.8) is 0 Å². The van der Waals surface area contributed by atoms with Gasteiger partial charge in [0.05, 0.1) is 0 Å². The number of furan rings is 1. The third kappa shape index (κ3) is 2.04. The Morgan fingerprint density at radius 2 is 1.95 bits per heavy atom. The van der Waals surface area contributed by atoms with Crippen LogP contribution in [0.5, 0.6) is 0 Å². The van der Waals surface area contributed by atoms with Crippen LogP contribution in [-0.2, 0) is 0 Å². The molecule has 0 amide bonds. The van der Waals surface area contributed by atoms with Crippen molar-refractivity contribution in [2.75, 3.05) is 0 Å². The smallest absolute Gasteiger partial charge is 0.170 e. The molecule has 1 N–H and O–H groups in total. The van der Waals surface area contributed by atoms with Gasteiger partial charge in [-0.15, -0.1) is 0 Å². The lowest BCUT2D eigenvalue weighted by Gasteiger charge is -2.15. The SMILES string of the molecule is Cc1c(C(O)C2CCCC2)oc2c(F)cc(F)cc12. The van der Waals surface area contributed by atoms with Gasteiger partial charge in [-0.3, -0.25) is 0 Å². The van der Waals surface area contributed by atoms with Gasteiger partial charge in [-0.25, -0.2) is 8.78 Å². The molecule has 1 heterocycles. The van der Waals surface area contributed by atoms with E-state index in [1.54, 1.807) is 6.92 Å². The van der Waals surface area contributed by atoms with Gasteiger partial charge in [-0.05, 0) is 31.7 Å². The lowest BCUT2D eigenvalue weighted by atomic mass is 9.96. The van der Waals surface area contributed by atoms with E-state index < -0.39 is 17.7 Å². The Balaban J connectivity index is 2.09. The lowest BCUT2D eigenvalue weighted by molar-refractivity contribution is 0.0895. The fraction of sp³-hybridized carbons (Fsp3) is 0.467. The number of halogens is 2. The quantitative estimate of drug-likeness (QED) is 0.881. The van der Waals surface area contributed by atoms with Crippen molar-refractivity contribution in [2.24, 2.45) is 5.92 Å². The zero-order valence-electron chi connectivity index (χ0n) is 10.7. The average molecular weight is 266 g/mol. The number of rotatable bonds is 2. The van der Waals surface area contributed by atoms with Crippen LogP contribution in [0.2, 0.25) is 0 Å². The molecule has 1 unspecified atom stereocenters. The molecule has 0 bridgehead atoms.